The fourth-order valence-electron chi connectivity index (χ4n) is 1.54. The van der Waals surface area contributed by atoms with Gasteiger partial charge in [-0.1, -0.05) is 27.2 Å². The van der Waals surface area contributed by atoms with Gasteiger partial charge in [-0.3, -0.25) is 4.68 Å². The van der Waals surface area contributed by atoms with Gasteiger partial charge in [0.2, 0.25) is 0 Å². The molecule has 1 unspecified atom stereocenters. The van der Waals surface area contributed by atoms with Crippen molar-refractivity contribution in [2.45, 2.75) is 46.3 Å². The molecule has 0 saturated heterocycles. The van der Waals surface area contributed by atoms with E-state index in [2.05, 4.69) is 25.9 Å². The molecule has 86 valence electrons. The molecule has 0 aliphatic carbocycles. The van der Waals surface area contributed by atoms with Gasteiger partial charge >= 0.3 is 0 Å². The Morgan fingerprint density at radius 1 is 1.60 bits per heavy atom. The minimum Gasteiger partial charge on any atom is -0.396 e. The van der Waals surface area contributed by atoms with Gasteiger partial charge in [0.15, 0.2) is 0 Å². The first-order chi connectivity index (χ1) is 6.93. The zero-order chi connectivity index (χ0) is 11.5. The van der Waals surface area contributed by atoms with E-state index in [-0.39, 0.29) is 11.5 Å². The number of anilines is 1. The molecule has 1 atom stereocenters. The van der Waals surface area contributed by atoms with Crippen molar-refractivity contribution in [2.24, 2.45) is 5.41 Å². The van der Waals surface area contributed by atoms with E-state index in [4.69, 9.17) is 5.73 Å². The van der Waals surface area contributed by atoms with Gasteiger partial charge in [0.1, 0.15) is 0 Å². The lowest BCUT2D eigenvalue weighted by Crippen LogP contribution is -2.24. The SMILES string of the molecule is CCC(C)(C)CC(O)Cn1cc(N)cn1. The van der Waals surface area contributed by atoms with Crippen LogP contribution in [0.15, 0.2) is 12.4 Å². The number of nitrogen functional groups attached to an aromatic ring is 1. The Balaban J connectivity index is 2.46. The number of aliphatic hydroxyl groups excluding tert-OH is 1. The maximum Gasteiger partial charge on any atom is 0.0741 e. The van der Waals surface area contributed by atoms with Crippen LogP contribution in [0.25, 0.3) is 0 Å². The minimum absolute atomic E-state index is 0.179. The van der Waals surface area contributed by atoms with Crippen molar-refractivity contribution >= 4 is 5.69 Å². The summed E-state index contributed by atoms with van der Waals surface area (Å²) in [5.41, 5.74) is 6.36. The molecule has 4 heteroatoms. The van der Waals surface area contributed by atoms with Crippen LogP contribution >= 0.6 is 0 Å². The number of aromatic nitrogens is 2. The number of nitrogens with zero attached hydrogens (tertiary/aromatic N) is 2. The maximum absolute atomic E-state index is 9.88. The molecule has 15 heavy (non-hydrogen) atoms. The van der Waals surface area contributed by atoms with E-state index in [0.717, 1.165) is 12.8 Å². The highest BCUT2D eigenvalue weighted by Crippen LogP contribution is 2.26. The zero-order valence-corrected chi connectivity index (χ0v) is 9.77. The number of rotatable bonds is 5. The topological polar surface area (TPSA) is 64.1 Å². The van der Waals surface area contributed by atoms with Crippen LogP contribution in [0.5, 0.6) is 0 Å². The Kier molecular flexibility index (Phi) is 3.74. The Bertz CT molecular complexity index is 307. The number of hydrogen-bond donors (Lipinski definition) is 2. The lowest BCUT2D eigenvalue weighted by atomic mass is 9.84. The van der Waals surface area contributed by atoms with Crippen LogP contribution in [0.4, 0.5) is 5.69 Å². The molecule has 0 fully saturated rings. The molecule has 1 rings (SSSR count). The Labute approximate surface area is 91.1 Å². The molecular weight excluding hydrogens is 190 g/mol. The van der Waals surface area contributed by atoms with E-state index in [1.54, 1.807) is 17.1 Å². The third kappa shape index (κ3) is 3.91. The summed E-state index contributed by atoms with van der Waals surface area (Å²) >= 11 is 0. The number of nitrogens with two attached hydrogens (primary N) is 1. The number of hydrogen-bond acceptors (Lipinski definition) is 3. The lowest BCUT2D eigenvalue weighted by Gasteiger charge is -2.25. The second kappa shape index (κ2) is 4.66. The molecule has 1 heterocycles. The van der Waals surface area contributed by atoms with Gasteiger partial charge in [-0.2, -0.15) is 5.10 Å². The Morgan fingerprint density at radius 2 is 2.27 bits per heavy atom. The largest absolute Gasteiger partial charge is 0.396 e. The summed E-state index contributed by atoms with van der Waals surface area (Å²) < 4.78 is 1.69. The van der Waals surface area contributed by atoms with Gasteiger partial charge in [-0.15, -0.1) is 0 Å². The molecular formula is C11H21N3O. The van der Waals surface area contributed by atoms with Crippen molar-refractivity contribution in [3.05, 3.63) is 12.4 Å². The van der Waals surface area contributed by atoms with Gasteiger partial charge in [-0.25, -0.2) is 0 Å². The van der Waals surface area contributed by atoms with E-state index in [1.807, 2.05) is 0 Å². The second-order valence-corrected chi connectivity index (χ2v) is 4.87. The zero-order valence-electron chi connectivity index (χ0n) is 9.77. The average Bonchev–Trinajstić information content (AvgIpc) is 2.50. The minimum atomic E-state index is -0.362. The first-order valence-corrected chi connectivity index (χ1v) is 5.39. The smallest absolute Gasteiger partial charge is 0.0741 e. The molecule has 3 N–H and O–H groups in total. The van der Waals surface area contributed by atoms with E-state index in [0.29, 0.717) is 12.2 Å². The highest BCUT2D eigenvalue weighted by Gasteiger charge is 2.20. The number of aliphatic hydroxyl groups is 1. The van der Waals surface area contributed by atoms with Crippen LogP contribution in [-0.2, 0) is 6.54 Å². The Morgan fingerprint density at radius 3 is 2.73 bits per heavy atom. The van der Waals surface area contributed by atoms with Crippen molar-refractivity contribution in [1.29, 1.82) is 0 Å². The first kappa shape index (κ1) is 12.0. The van der Waals surface area contributed by atoms with Crippen molar-refractivity contribution in [3.8, 4) is 0 Å². The van der Waals surface area contributed by atoms with Crippen molar-refractivity contribution in [1.82, 2.24) is 9.78 Å². The quantitative estimate of drug-likeness (QED) is 0.778. The summed E-state index contributed by atoms with van der Waals surface area (Å²) in [6.07, 6.45) is 4.81. The van der Waals surface area contributed by atoms with Gasteiger partial charge in [-0.05, 0) is 11.8 Å². The molecule has 0 aliphatic heterocycles. The molecule has 4 nitrogen and oxygen atoms in total. The van der Waals surface area contributed by atoms with Crippen molar-refractivity contribution < 1.29 is 5.11 Å². The summed E-state index contributed by atoms with van der Waals surface area (Å²) in [6, 6.07) is 0. The van der Waals surface area contributed by atoms with E-state index >= 15 is 0 Å². The predicted octanol–water partition coefficient (Wildman–Crippen LogP) is 1.65. The van der Waals surface area contributed by atoms with Gasteiger partial charge < -0.3 is 10.8 Å². The van der Waals surface area contributed by atoms with Crippen LogP contribution in [0.3, 0.4) is 0 Å². The predicted molar refractivity (Wildman–Crippen MR) is 61.3 cm³/mol. The van der Waals surface area contributed by atoms with Crippen LogP contribution in [0, 0.1) is 5.41 Å². The van der Waals surface area contributed by atoms with Crippen LogP contribution < -0.4 is 5.73 Å². The van der Waals surface area contributed by atoms with Gasteiger partial charge in [0.05, 0.1) is 24.5 Å². The van der Waals surface area contributed by atoms with Crippen molar-refractivity contribution in [3.63, 3.8) is 0 Å². The van der Waals surface area contributed by atoms with Crippen LogP contribution in [0.2, 0.25) is 0 Å². The normalized spacial score (nSPS) is 14.1. The molecule has 0 spiro atoms. The monoisotopic (exact) mass is 211 g/mol. The Hall–Kier alpha value is -1.03. The summed E-state index contributed by atoms with van der Waals surface area (Å²) in [5.74, 6) is 0. The van der Waals surface area contributed by atoms with E-state index in [1.165, 1.54) is 0 Å². The third-order valence-electron chi connectivity index (χ3n) is 2.80. The molecule has 0 bridgehead atoms. The molecule has 0 aliphatic rings. The highest BCUT2D eigenvalue weighted by molar-refractivity contribution is 5.30. The molecule has 0 amide bonds. The average molecular weight is 211 g/mol. The first-order valence-electron chi connectivity index (χ1n) is 5.39. The van der Waals surface area contributed by atoms with Crippen molar-refractivity contribution in [2.75, 3.05) is 5.73 Å². The second-order valence-electron chi connectivity index (χ2n) is 4.87. The molecule has 1 aromatic heterocycles. The fourth-order valence-corrected chi connectivity index (χ4v) is 1.54. The van der Waals surface area contributed by atoms with Gasteiger partial charge in [0.25, 0.3) is 0 Å². The summed E-state index contributed by atoms with van der Waals surface area (Å²) in [5, 5.41) is 13.9. The van der Waals surface area contributed by atoms with Crippen LogP contribution in [0.1, 0.15) is 33.6 Å². The maximum atomic E-state index is 9.88. The summed E-state index contributed by atoms with van der Waals surface area (Å²) in [7, 11) is 0. The highest BCUT2D eigenvalue weighted by atomic mass is 16.3. The molecule has 1 aromatic rings. The molecule has 0 radical (unpaired) electrons. The van der Waals surface area contributed by atoms with Gasteiger partial charge in [0, 0.05) is 6.20 Å². The standard InChI is InChI=1S/C11H21N3O/c1-4-11(2,3)5-10(15)8-14-7-9(12)6-13-14/h6-7,10,15H,4-5,8,12H2,1-3H3. The van der Waals surface area contributed by atoms with E-state index < -0.39 is 0 Å². The summed E-state index contributed by atoms with van der Waals surface area (Å²) in [4.78, 5) is 0. The van der Waals surface area contributed by atoms with E-state index in [9.17, 15) is 5.11 Å². The van der Waals surface area contributed by atoms with Crippen LogP contribution in [-0.4, -0.2) is 21.0 Å². The molecule has 0 aromatic carbocycles. The third-order valence-corrected chi connectivity index (χ3v) is 2.80. The summed E-state index contributed by atoms with van der Waals surface area (Å²) in [6.45, 7) is 6.97. The molecule has 0 saturated carbocycles. The lowest BCUT2D eigenvalue weighted by molar-refractivity contribution is 0.0929. The fraction of sp³-hybridized carbons (Fsp3) is 0.727.